The molecule has 2 aromatic heterocycles. The molecule has 0 spiro atoms. The van der Waals surface area contributed by atoms with Crippen LogP contribution in [-0.2, 0) is 6.54 Å². The molecule has 0 aromatic carbocycles. The van der Waals surface area contributed by atoms with Gasteiger partial charge in [0.05, 0.1) is 11.9 Å². The monoisotopic (exact) mass is 306 g/mol. The molecule has 1 fully saturated rings. The van der Waals surface area contributed by atoms with Crippen molar-refractivity contribution >= 4 is 15.9 Å². The highest BCUT2D eigenvalue weighted by atomic mass is 79.9. The van der Waals surface area contributed by atoms with Gasteiger partial charge in [-0.2, -0.15) is 5.10 Å². The maximum atomic E-state index is 4.64. The van der Waals surface area contributed by atoms with Gasteiger partial charge >= 0.3 is 0 Å². The van der Waals surface area contributed by atoms with E-state index in [-0.39, 0.29) is 0 Å². The Hall–Kier alpha value is -1.23. The SMILES string of the molecule is CCCn1cc(-c2cc(Br)nc(C3CC3)n2)cn1. The molecule has 94 valence electrons. The van der Waals surface area contributed by atoms with E-state index in [1.807, 2.05) is 16.9 Å². The van der Waals surface area contributed by atoms with E-state index in [0.717, 1.165) is 34.7 Å². The number of hydrogen-bond acceptors (Lipinski definition) is 3. The third-order valence-electron chi connectivity index (χ3n) is 3.04. The van der Waals surface area contributed by atoms with Crippen LogP contribution in [0, 0.1) is 0 Å². The molecule has 0 radical (unpaired) electrons. The predicted molar refractivity (Wildman–Crippen MR) is 73.2 cm³/mol. The van der Waals surface area contributed by atoms with Crippen molar-refractivity contribution in [3.63, 3.8) is 0 Å². The molecule has 1 saturated carbocycles. The molecule has 4 nitrogen and oxygen atoms in total. The van der Waals surface area contributed by atoms with Crippen molar-refractivity contribution in [1.29, 1.82) is 0 Å². The van der Waals surface area contributed by atoms with Crippen LogP contribution in [0.4, 0.5) is 0 Å². The van der Waals surface area contributed by atoms with Gasteiger partial charge in [0.25, 0.3) is 0 Å². The molecule has 0 amide bonds. The van der Waals surface area contributed by atoms with Gasteiger partial charge < -0.3 is 0 Å². The van der Waals surface area contributed by atoms with Crippen LogP contribution in [0.3, 0.4) is 0 Å². The third kappa shape index (κ3) is 2.46. The number of halogens is 1. The fraction of sp³-hybridized carbons (Fsp3) is 0.462. The maximum Gasteiger partial charge on any atom is 0.133 e. The van der Waals surface area contributed by atoms with Crippen LogP contribution in [0.25, 0.3) is 11.3 Å². The number of aryl methyl sites for hydroxylation is 1. The Balaban J connectivity index is 1.94. The fourth-order valence-corrected chi connectivity index (χ4v) is 2.35. The van der Waals surface area contributed by atoms with Gasteiger partial charge in [0.2, 0.25) is 0 Å². The molecule has 0 saturated heterocycles. The van der Waals surface area contributed by atoms with Crippen LogP contribution in [-0.4, -0.2) is 19.7 Å². The number of nitrogens with zero attached hydrogens (tertiary/aromatic N) is 4. The lowest BCUT2D eigenvalue weighted by molar-refractivity contribution is 0.603. The van der Waals surface area contributed by atoms with Crippen LogP contribution >= 0.6 is 15.9 Å². The first-order valence-corrected chi connectivity index (χ1v) is 7.13. The van der Waals surface area contributed by atoms with Gasteiger partial charge in [-0.1, -0.05) is 6.92 Å². The summed E-state index contributed by atoms with van der Waals surface area (Å²) in [6.07, 6.45) is 7.44. The highest BCUT2D eigenvalue weighted by molar-refractivity contribution is 9.10. The first-order valence-electron chi connectivity index (χ1n) is 6.33. The van der Waals surface area contributed by atoms with E-state index >= 15 is 0 Å². The van der Waals surface area contributed by atoms with Crippen molar-refractivity contribution < 1.29 is 0 Å². The Morgan fingerprint density at radius 2 is 2.22 bits per heavy atom. The number of rotatable bonds is 4. The topological polar surface area (TPSA) is 43.6 Å². The van der Waals surface area contributed by atoms with E-state index in [2.05, 4.69) is 44.1 Å². The fourth-order valence-electron chi connectivity index (χ4n) is 1.95. The lowest BCUT2D eigenvalue weighted by Crippen LogP contribution is -1.96. The molecule has 2 aromatic rings. The average molecular weight is 307 g/mol. The van der Waals surface area contributed by atoms with E-state index in [1.165, 1.54) is 12.8 Å². The molecule has 5 heteroatoms. The van der Waals surface area contributed by atoms with Gasteiger partial charge in [0, 0.05) is 24.2 Å². The highest BCUT2D eigenvalue weighted by Crippen LogP contribution is 2.39. The van der Waals surface area contributed by atoms with Crippen molar-refractivity contribution in [2.75, 3.05) is 0 Å². The van der Waals surface area contributed by atoms with Gasteiger partial charge in [-0.3, -0.25) is 4.68 Å². The molecule has 0 atom stereocenters. The summed E-state index contributed by atoms with van der Waals surface area (Å²) >= 11 is 3.47. The Morgan fingerprint density at radius 3 is 2.94 bits per heavy atom. The van der Waals surface area contributed by atoms with E-state index in [4.69, 9.17) is 0 Å². The van der Waals surface area contributed by atoms with Crippen LogP contribution in [0.15, 0.2) is 23.1 Å². The van der Waals surface area contributed by atoms with Crippen molar-refractivity contribution in [2.24, 2.45) is 0 Å². The largest absolute Gasteiger partial charge is 0.272 e. The second kappa shape index (κ2) is 4.80. The minimum atomic E-state index is 0.562. The summed E-state index contributed by atoms with van der Waals surface area (Å²) in [5.74, 6) is 1.52. The number of hydrogen-bond donors (Lipinski definition) is 0. The van der Waals surface area contributed by atoms with E-state index in [1.54, 1.807) is 0 Å². The first-order chi connectivity index (χ1) is 8.76. The minimum absolute atomic E-state index is 0.562. The highest BCUT2D eigenvalue weighted by Gasteiger charge is 2.27. The van der Waals surface area contributed by atoms with Gasteiger partial charge in [-0.15, -0.1) is 0 Å². The third-order valence-corrected chi connectivity index (χ3v) is 3.44. The molecule has 0 bridgehead atoms. The van der Waals surface area contributed by atoms with Crippen LogP contribution < -0.4 is 0 Å². The molecular formula is C13H15BrN4. The van der Waals surface area contributed by atoms with Crippen molar-refractivity contribution in [3.05, 3.63) is 28.9 Å². The Morgan fingerprint density at radius 1 is 1.39 bits per heavy atom. The van der Waals surface area contributed by atoms with Crippen LogP contribution in [0.5, 0.6) is 0 Å². The lowest BCUT2D eigenvalue weighted by atomic mass is 10.2. The quantitative estimate of drug-likeness (QED) is 0.813. The lowest BCUT2D eigenvalue weighted by Gasteiger charge is -2.02. The van der Waals surface area contributed by atoms with Crippen molar-refractivity contribution in [1.82, 2.24) is 19.7 Å². The number of aromatic nitrogens is 4. The summed E-state index contributed by atoms with van der Waals surface area (Å²) in [4.78, 5) is 9.09. The van der Waals surface area contributed by atoms with Gasteiger partial charge in [0.1, 0.15) is 10.4 Å². The van der Waals surface area contributed by atoms with E-state index in [0.29, 0.717) is 5.92 Å². The molecule has 1 aliphatic carbocycles. The minimum Gasteiger partial charge on any atom is -0.272 e. The molecule has 18 heavy (non-hydrogen) atoms. The molecular weight excluding hydrogens is 292 g/mol. The van der Waals surface area contributed by atoms with Gasteiger partial charge in [0.15, 0.2) is 0 Å². The molecule has 3 rings (SSSR count). The summed E-state index contributed by atoms with van der Waals surface area (Å²) in [6, 6.07) is 1.96. The molecule has 0 unspecified atom stereocenters. The second-order valence-corrected chi connectivity index (χ2v) is 5.51. The molecule has 0 N–H and O–H groups in total. The summed E-state index contributed by atoms with van der Waals surface area (Å²) < 4.78 is 2.82. The van der Waals surface area contributed by atoms with Crippen LogP contribution in [0.1, 0.15) is 37.9 Å². The van der Waals surface area contributed by atoms with E-state index < -0.39 is 0 Å². The first kappa shape index (κ1) is 11.8. The smallest absolute Gasteiger partial charge is 0.133 e. The Bertz CT molecular complexity index is 560. The van der Waals surface area contributed by atoms with Crippen molar-refractivity contribution in [2.45, 2.75) is 38.6 Å². The summed E-state index contributed by atoms with van der Waals surface area (Å²) in [5, 5.41) is 4.34. The Labute approximate surface area is 115 Å². The summed E-state index contributed by atoms with van der Waals surface area (Å²) in [6.45, 7) is 3.09. The molecule has 0 aliphatic heterocycles. The maximum absolute atomic E-state index is 4.64. The zero-order chi connectivity index (χ0) is 12.5. The zero-order valence-electron chi connectivity index (χ0n) is 10.3. The van der Waals surface area contributed by atoms with Crippen molar-refractivity contribution in [3.8, 4) is 11.3 Å². The predicted octanol–water partition coefficient (Wildman–Crippen LogP) is 3.39. The second-order valence-electron chi connectivity index (χ2n) is 4.70. The molecule has 1 aliphatic rings. The van der Waals surface area contributed by atoms with Crippen LogP contribution in [0.2, 0.25) is 0 Å². The standard InChI is InChI=1S/C13H15BrN4/c1-2-5-18-8-10(7-15-18)11-6-12(14)17-13(16-11)9-3-4-9/h6-9H,2-5H2,1H3. The van der Waals surface area contributed by atoms with E-state index in [9.17, 15) is 0 Å². The summed E-state index contributed by atoms with van der Waals surface area (Å²) in [7, 11) is 0. The summed E-state index contributed by atoms with van der Waals surface area (Å²) in [5.41, 5.74) is 2.02. The normalized spacial score (nSPS) is 15.0. The van der Waals surface area contributed by atoms with Gasteiger partial charge in [-0.25, -0.2) is 9.97 Å². The zero-order valence-corrected chi connectivity index (χ0v) is 11.9. The molecule has 2 heterocycles. The average Bonchev–Trinajstić information content (AvgIpc) is 3.10. The van der Waals surface area contributed by atoms with Gasteiger partial charge in [-0.05, 0) is 41.3 Å². The Kier molecular flexibility index (Phi) is 3.16.